The second-order valence-corrected chi connectivity index (χ2v) is 10.1. The Balaban J connectivity index is 1.49. The van der Waals surface area contributed by atoms with E-state index in [4.69, 9.17) is 14.2 Å². The van der Waals surface area contributed by atoms with Gasteiger partial charge >= 0.3 is 0 Å². The highest BCUT2D eigenvalue weighted by atomic mass is 32.2. The molecule has 1 aromatic heterocycles. The Labute approximate surface area is 213 Å². The summed E-state index contributed by atoms with van der Waals surface area (Å²) in [5.74, 6) is 1.28. The molecule has 0 unspecified atom stereocenters. The number of sulfone groups is 1. The van der Waals surface area contributed by atoms with Gasteiger partial charge in [0.1, 0.15) is 28.9 Å². The molecule has 3 aromatic rings. The van der Waals surface area contributed by atoms with E-state index in [0.29, 0.717) is 30.9 Å². The Hall–Kier alpha value is -3.95. The Morgan fingerprint density at radius 1 is 1.06 bits per heavy atom. The molecule has 1 N–H and O–H groups in total. The van der Waals surface area contributed by atoms with Crippen molar-refractivity contribution in [1.82, 2.24) is 9.36 Å². The van der Waals surface area contributed by atoms with Gasteiger partial charge in [0.15, 0.2) is 0 Å². The minimum atomic E-state index is -3.58. The lowest BCUT2D eigenvalue weighted by Gasteiger charge is -2.09. The number of hydrogen-bond donors (Lipinski definition) is 1. The maximum Gasteiger partial charge on any atom is 0.268 e. The topological polar surface area (TPSA) is 140 Å². The standard InChI is InChI=1S/C24H24N4O6S2/c1-3-36(30,31)24-27-23(35-28-24)26-22(29)18(16-25)15-17-5-7-20(8-6-17)33-13-4-14-34-21-11-9-19(32-2)10-12-21/h5-12,15H,3-4,13-14H2,1-2H3,(H,26,27,28,29). The van der Waals surface area contributed by atoms with Crippen LogP contribution in [0.1, 0.15) is 18.9 Å². The fourth-order valence-electron chi connectivity index (χ4n) is 2.77. The number of anilines is 1. The van der Waals surface area contributed by atoms with Crippen LogP contribution in [0.25, 0.3) is 6.08 Å². The molecular formula is C24H24N4O6S2. The van der Waals surface area contributed by atoms with Crippen molar-refractivity contribution in [3.05, 3.63) is 59.7 Å². The second-order valence-electron chi connectivity index (χ2n) is 7.20. The number of nitriles is 1. The predicted octanol–water partition coefficient (Wildman–Crippen LogP) is 3.73. The zero-order valence-electron chi connectivity index (χ0n) is 19.6. The highest BCUT2D eigenvalue weighted by Gasteiger charge is 2.20. The van der Waals surface area contributed by atoms with E-state index in [2.05, 4.69) is 14.7 Å². The number of ether oxygens (including phenoxy) is 3. The van der Waals surface area contributed by atoms with Crippen LogP contribution in [0.3, 0.4) is 0 Å². The Morgan fingerprint density at radius 3 is 2.19 bits per heavy atom. The first-order valence-corrected chi connectivity index (χ1v) is 13.3. The number of nitrogens with one attached hydrogen (secondary N) is 1. The van der Waals surface area contributed by atoms with Gasteiger partial charge in [0.25, 0.3) is 11.1 Å². The quantitative estimate of drug-likeness (QED) is 0.211. The largest absolute Gasteiger partial charge is 0.497 e. The van der Waals surface area contributed by atoms with Gasteiger partial charge in [0.05, 0.1) is 26.1 Å². The molecule has 2 aromatic carbocycles. The van der Waals surface area contributed by atoms with E-state index >= 15 is 0 Å². The molecule has 1 amide bonds. The third-order valence-electron chi connectivity index (χ3n) is 4.73. The van der Waals surface area contributed by atoms with Crippen molar-refractivity contribution in [1.29, 1.82) is 5.26 Å². The molecular weight excluding hydrogens is 504 g/mol. The van der Waals surface area contributed by atoms with Crippen LogP contribution in [0.4, 0.5) is 5.13 Å². The summed E-state index contributed by atoms with van der Waals surface area (Å²) < 4.78 is 43.9. The van der Waals surface area contributed by atoms with E-state index in [0.717, 1.165) is 23.0 Å². The lowest BCUT2D eigenvalue weighted by atomic mass is 10.1. The molecule has 10 nitrogen and oxygen atoms in total. The Kier molecular flexibility index (Phi) is 9.38. The highest BCUT2D eigenvalue weighted by molar-refractivity contribution is 7.91. The highest BCUT2D eigenvalue weighted by Crippen LogP contribution is 2.19. The molecule has 0 bridgehead atoms. The normalized spacial score (nSPS) is 11.4. The smallest absolute Gasteiger partial charge is 0.268 e. The van der Waals surface area contributed by atoms with Crippen LogP contribution in [0.15, 0.2) is 59.3 Å². The molecule has 0 radical (unpaired) electrons. The molecule has 0 spiro atoms. The lowest BCUT2D eigenvalue weighted by molar-refractivity contribution is -0.112. The Bertz CT molecular complexity index is 1340. The molecule has 3 rings (SSSR count). The van der Waals surface area contributed by atoms with Gasteiger partial charge < -0.3 is 14.2 Å². The van der Waals surface area contributed by atoms with E-state index < -0.39 is 15.7 Å². The van der Waals surface area contributed by atoms with Crippen LogP contribution in [-0.2, 0) is 14.6 Å². The van der Waals surface area contributed by atoms with Crippen LogP contribution in [0, 0.1) is 11.3 Å². The van der Waals surface area contributed by atoms with E-state index in [1.54, 1.807) is 31.4 Å². The second kappa shape index (κ2) is 12.7. The van der Waals surface area contributed by atoms with Gasteiger partial charge in [-0.2, -0.15) is 14.6 Å². The number of methoxy groups -OCH3 is 1. The van der Waals surface area contributed by atoms with Gasteiger partial charge in [-0.15, -0.1) is 0 Å². The Morgan fingerprint density at radius 2 is 1.64 bits per heavy atom. The van der Waals surface area contributed by atoms with Gasteiger partial charge in [-0.25, -0.2) is 8.42 Å². The average Bonchev–Trinajstić information content (AvgIpc) is 3.37. The number of hydrogen-bond acceptors (Lipinski definition) is 10. The number of carbonyl (C=O) groups is 1. The van der Waals surface area contributed by atoms with E-state index in [9.17, 15) is 18.5 Å². The van der Waals surface area contributed by atoms with Crippen molar-refractivity contribution in [2.45, 2.75) is 18.5 Å². The maximum absolute atomic E-state index is 12.4. The van der Waals surface area contributed by atoms with Gasteiger partial charge in [-0.1, -0.05) is 19.1 Å². The first kappa shape index (κ1) is 26.7. The van der Waals surface area contributed by atoms with Crippen LogP contribution >= 0.6 is 11.5 Å². The zero-order valence-corrected chi connectivity index (χ0v) is 21.3. The predicted molar refractivity (Wildman–Crippen MR) is 135 cm³/mol. The molecule has 188 valence electrons. The minimum Gasteiger partial charge on any atom is -0.497 e. The monoisotopic (exact) mass is 528 g/mol. The van der Waals surface area contributed by atoms with Crippen molar-refractivity contribution >= 4 is 38.5 Å². The van der Waals surface area contributed by atoms with Crippen molar-refractivity contribution in [2.75, 3.05) is 31.4 Å². The number of carbonyl (C=O) groups excluding carboxylic acids is 1. The van der Waals surface area contributed by atoms with Gasteiger partial charge in [-0.3, -0.25) is 10.1 Å². The molecule has 0 atom stereocenters. The minimum absolute atomic E-state index is 0.00658. The van der Waals surface area contributed by atoms with Gasteiger partial charge in [0, 0.05) is 18.0 Å². The molecule has 36 heavy (non-hydrogen) atoms. The van der Waals surface area contributed by atoms with Crippen molar-refractivity contribution < 1.29 is 27.4 Å². The summed E-state index contributed by atoms with van der Waals surface area (Å²) >= 11 is 0.728. The lowest BCUT2D eigenvalue weighted by Crippen LogP contribution is -2.13. The molecule has 0 saturated heterocycles. The van der Waals surface area contributed by atoms with E-state index in [1.165, 1.54) is 13.0 Å². The first-order chi connectivity index (χ1) is 17.3. The van der Waals surface area contributed by atoms with Crippen LogP contribution in [-0.4, -0.2) is 49.8 Å². The number of nitrogens with zero attached hydrogens (tertiary/aromatic N) is 3. The maximum atomic E-state index is 12.4. The van der Waals surface area contributed by atoms with E-state index in [-0.39, 0.29) is 21.6 Å². The fraction of sp³-hybridized carbons (Fsp3) is 0.250. The third-order valence-corrected chi connectivity index (χ3v) is 6.97. The van der Waals surface area contributed by atoms with Crippen molar-refractivity contribution in [2.24, 2.45) is 0 Å². The van der Waals surface area contributed by atoms with Crippen LogP contribution < -0.4 is 19.5 Å². The summed E-state index contributed by atoms with van der Waals surface area (Å²) in [4.78, 5) is 16.2. The van der Waals surface area contributed by atoms with Gasteiger partial charge in [0.2, 0.25) is 15.0 Å². The summed E-state index contributed by atoms with van der Waals surface area (Å²) in [6.07, 6.45) is 2.09. The van der Waals surface area contributed by atoms with Crippen molar-refractivity contribution in [3.63, 3.8) is 0 Å². The number of benzene rings is 2. The summed E-state index contributed by atoms with van der Waals surface area (Å²) in [5.41, 5.74) is 0.442. The number of amides is 1. The summed E-state index contributed by atoms with van der Waals surface area (Å²) in [7, 11) is -1.97. The molecule has 0 fully saturated rings. The van der Waals surface area contributed by atoms with Crippen LogP contribution in [0.5, 0.6) is 17.2 Å². The summed E-state index contributed by atoms with van der Waals surface area (Å²) in [5, 5.41) is 11.4. The molecule has 12 heteroatoms. The molecule has 0 saturated carbocycles. The molecule has 0 aliphatic carbocycles. The molecule has 0 aliphatic heterocycles. The van der Waals surface area contributed by atoms with Crippen LogP contribution in [0.2, 0.25) is 0 Å². The zero-order chi connectivity index (χ0) is 26.0. The average molecular weight is 529 g/mol. The first-order valence-electron chi connectivity index (χ1n) is 10.8. The molecule has 1 heterocycles. The SMILES string of the molecule is CCS(=O)(=O)c1nsc(NC(=O)C(C#N)=Cc2ccc(OCCCOc3ccc(OC)cc3)cc2)n1. The third kappa shape index (κ3) is 7.53. The van der Waals surface area contributed by atoms with E-state index in [1.807, 2.05) is 30.3 Å². The number of aromatic nitrogens is 2. The summed E-state index contributed by atoms with van der Waals surface area (Å²) in [6.45, 7) is 2.42. The number of rotatable bonds is 12. The van der Waals surface area contributed by atoms with Crippen molar-refractivity contribution in [3.8, 4) is 23.3 Å². The summed E-state index contributed by atoms with van der Waals surface area (Å²) in [6, 6.07) is 16.1. The van der Waals surface area contributed by atoms with Gasteiger partial charge in [-0.05, 0) is 48.0 Å². The molecule has 0 aliphatic rings. The fourth-order valence-corrected chi connectivity index (χ4v) is 4.35.